The molecule has 0 aromatic heterocycles. The summed E-state index contributed by atoms with van der Waals surface area (Å²) in [6.45, 7) is 1.26. The summed E-state index contributed by atoms with van der Waals surface area (Å²) in [6, 6.07) is 7.27. The minimum absolute atomic E-state index is 0.0994. The first-order chi connectivity index (χ1) is 12.2. The molecule has 0 spiro atoms. The molecular formula is C17H13Cl4NO3S. The van der Waals surface area contributed by atoms with Gasteiger partial charge in [0.05, 0.1) is 5.02 Å². The SMILES string of the molecule is CC(=O)N[C@@H](CSc1cc(Cl)c(-c2cc(Cl)ccc2Cl)cc1Cl)C(=O)O. The number of benzene rings is 2. The maximum atomic E-state index is 11.2. The van der Waals surface area contributed by atoms with Gasteiger partial charge in [-0.1, -0.05) is 46.4 Å². The minimum atomic E-state index is -1.13. The molecule has 0 fully saturated rings. The molecule has 0 heterocycles. The number of aliphatic carboxylic acids is 1. The van der Waals surface area contributed by atoms with Gasteiger partial charge in [-0.25, -0.2) is 4.79 Å². The lowest BCUT2D eigenvalue weighted by molar-refractivity contribution is -0.140. The number of carboxylic acids is 1. The molecule has 4 nitrogen and oxygen atoms in total. The molecule has 0 radical (unpaired) electrons. The Hall–Kier alpha value is -1.11. The van der Waals surface area contributed by atoms with Gasteiger partial charge in [-0.2, -0.15) is 0 Å². The summed E-state index contributed by atoms with van der Waals surface area (Å²) < 4.78 is 0. The Morgan fingerprint density at radius 3 is 2.31 bits per heavy atom. The van der Waals surface area contributed by atoms with Gasteiger partial charge in [0, 0.05) is 43.8 Å². The number of thioether (sulfide) groups is 1. The fourth-order valence-corrected chi connectivity index (χ4v) is 4.16. The second kappa shape index (κ2) is 9.20. The van der Waals surface area contributed by atoms with Crippen molar-refractivity contribution in [2.75, 3.05) is 5.75 Å². The smallest absolute Gasteiger partial charge is 0.327 e. The van der Waals surface area contributed by atoms with Crippen molar-refractivity contribution in [1.82, 2.24) is 5.32 Å². The zero-order valence-corrected chi connectivity index (χ0v) is 17.2. The number of carbonyl (C=O) groups excluding carboxylic acids is 1. The second-order valence-electron chi connectivity index (χ2n) is 5.29. The molecule has 9 heteroatoms. The van der Waals surface area contributed by atoms with Gasteiger partial charge in [-0.15, -0.1) is 11.8 Å². The Balaban J connectivity index is 2.28. The molecule has 2 aromatic rings. The third-order valence-corrected chi connectivity index (χ3v) is 5.77. The van der Waals surface area contributed by atoms with Gasteiger partial charge in [-0.3, -0.25) is 4.79 Å². The highest BCUT2D eigenvalue weighted by Crippen LogP contribution is 2.40. The lowest BCUT2D eigenvalue weighted by Gasteiger charge is -2.15. The van der Waals surface area contributed by atoms with Crippen molar-refractivity contribution in [3.8, 4) is 11.1 Å². The van der Waals surface area contributed by atoms with Crippen LogP contribution in [0.15, 0.2) is 35.2 Å². The highest BCUT2D eigenvalue weighted by Gasteiger charge is 2.20. The summed E-state index contributed by atoms with van der Waals surface area (Å²) >= 11 is 26.1. The number of rotatable bonds is 6. The van der Waals surface area contributed by atoms with Crippen LogP contribution in [0, 0.1) is 0 Å². The lowest BCUT2D eigenvalue weighted by atomic mass is 10.1. The van der Waals surface area contributed by atoms with Gasteiger partial charge < -0.3 is 10.4 Å². The van der Waals surface area contributed by atoms with E-state index in [-0.39, 0.29) is 5.75 Å². The number of hydrogen-bond acceptors (Lipinski definition) is 3. The van der Waals surface area contributed by atoms with E-state index in [1.807, 2.05) is 0 Å². The predicted molar refractivity (Wildman–Crippen MR) is 108 cm³/mol. The van der Waals surface area contributed by atoms with Crippen LogP contribution in [0.1, 0.15) is 6.92 Å². The number of amides is 1. The Morgan fingerprint density at radius 2 is 1.69 bits per heavy atom. The minimum Gasteiger partial charge on any atom is -0.480 e. The fourth-order valence-electron chi connectivity index (χ4n) is 2.14. The van der Waals surface area contributed by atoms with E-state index >= 15 is 0 Å². The first-order valence-corrected chi connectivity index (χ1v) is 9.76. The van der Waals surface area contributed by atoms with Gasteiger partial charge in [0.15, 0.2) is 0 Å². The zero-order valence-electron chi connectivity index (χ0n) is 13.4. The molecule has 0 unspecified atom stereocenters. The van der Waals surface area contributed by atoms with Crippen LogP contribution in [0.25, 0.3) is 11.1 Å². The highest BCUT2D eigenvalue weighted by atomic mass is 35.5. The molecular weight excluding hydrogens is 440 g/mol. The van der Waals surface area contributed by atoms with Crippen molar-refractivity contribution in [1.29, 1.82) is 0 Å². The third kappa shape index (κ3) is 5.44. The van der Waals surface area contributed by atoms with E-state index in [0.29, 0.717) is 36.1 Å². The van der Waals surface area contributed by atoms with Crippen molar-refractivity contribution < 1.29 is 14.7 Å². The second-order valence-corrected chi connectivity index (χ2v) is 8.01. The molecule has 0 aliphatic rings. The number of nitrogens with one attached hydrogen (secondary N) is 1. The maximum Gasteiger partial charge on any atom is 0.327 e. The van der Waals surface area contributed by atoms with E-state index in [2.05, 4.69) is 5.32 Å². The normalized spacial score (nSPS) is 11.9. The molecule has 2 N–H and O–H groups in total. The van der Waals surface area contributed by atoms with E-state index in [4.69, 9.17) is 51.5 Å². The van der Waals surface area contributed by atoms with Crippen molar-refractivity contribution in [2.45, 2.75) is 17.9 Å². The molecule has 0 aliphatic carbocycles. The number of carboxylic acid groups (broad SMARTS) is 1. The molecule has 0 aliphatic heterocycles. The van der Waals surface area contributed by atoms with Crippen molar-refractivity contribution >= 4 is 70.0 Å². The Bertz CT molecular complexity index is 860. The first-order valence-electron chi connectivity index (χ1n) is 7.26. The molecule has 26 heavy (non-hydrogen) atoms. The van der Waals surface area contributed by atoms with E-state index in [1.54, 1.807) is 30.3 Å². The average molecular weight is 453 g/mol. The molecule has 0 bridgehead atoms. The topological polar surface area (TPSA) is 66.4 Å². The van der Waals surface area contributed by atoms with Gasteiger partial charge in [0.2, 0.25) is 5.91 Å². The van der Waals surface area contributed by atoms with Crippen LogP contribution < -0.4 is 5.32 Å². The summed E-state index contributed by atoms with van der Waals surface area (Å²) in [5.41, 5.74) is 1.26. The Morgan fingerprint density at radius 1 is 1.04 bits per heavy atom. The maximum absolute atomic E-state index is 11.2. The van der Waals surface area contributed by atoms with Gasteiger partial charge in [0.25, 0.3) is 0 Å². The number of hydrogen-bond donors (Lipinski definition) is 2. The fraction of sp³-hybridized carbons (Fsp3) is 0.176. The number of carbonyl (C=O) groups is 2. The molecule has 2 rings (SSSR count). The van der Waals surface area contributed by atoms with E-state index in [9.17, 15) is 9.59 Å². The summed E-state index contributed by atoms with van der Waals surface area (Å²) in [5, 5.41) is 13.3. The van der Waals surface area contributed by atoms with Crippen molar-refractivity contribution in [3.63, 3.8) is 0 Å². The number of halogens is 4. The molecule has 1 amide bonds. The lowest BCUT2D eigenvalue weighted by Crippen LogP contribution is -2.41. The zero-order chi connectivity index (χ0) is 19.4. The Labute approximate surface area is 174 Å². The third-order valence-electron chi connectivity index (χ3n) is 3.32. The molecule has 138 valence electrons. The highest BCUT2D eigenvalue weighted by molar-refractivity contribution is 7.99. The van der Waals surface area contributed by atoms with Crippen LogP contribution in [-0.4, -0.2) is 28.8 Å². The van der Waals surface area contributed by atoms with Crippen molar-refractivity contribution in [3.05, 3.63) is 50.4 Å². The molecule has 0 saturated heterocycles. The van der Waals surface area contributed by atoms with Crippen LogP contribution >= 0.6 is 58.2 Å². The van der Waals surface area contributed by atoms with Crippen molar-refractivity contribution in [2.24, 2.45) is 0 Å². The standard InChI is InChI=1S/C17H13Cl4NO3S/c1-8(23)22-15(17(24)25)7-26-16-6-13(20)11(5-14(16)21)10-4-9(18)2-3-12(10)19/h2-6,15H,7H2,1H3,(H,22,23)(H,24,25)/t15-/m0/s1. The predicted octanol–water partition coefficient (Wildman–Crippen LogP) is 5.65. The van der Waals surface area contributed by atoms with Crippen LogP contribution in [0.5, 0.6) is 0 Å². The summed E-state index contributed by atoms with van der Waals surface area (Å²) in [7, 11) is 0. The quantitative estimate of drug-likeness (QED) is 0.555. The molecule has 2 aromatic carbocycles. The summed E-state index contributed by atoms with van der Waals surface area (Å²) in [6.07, 6.45) is 0. The van der Waals surface area contributed by atoms with Crippen LogP contribution in [-0.2, 0) is 9.59 Å². The monoisotopic (exact) mass is 451 g/mol. The average Bonchev–Trinajstić information content (AvgIpc) is 2.55. The van der Waals surface area contributed by atoms with Crippen LogP contribution in [0.4, 0.5) is 0 Å². The molecule has 1 atom stereocenters. The molecule has 0 saturated carbocycles. The van der Waals surface area contributed by atoms with Gasteiger partial charge in [0.1, 0.15) is 6.04 Å². The Kier molecular flexibility index (Phi) is 7.50. The van der Waals surface area contributed by atoms with E-state index < -0.39 is 17.9 Å². The first kappa shape index (κ1) is 21.2. The van der Waals surface area contributed by atoms with E-state index in [1.165, 1.54) is 18.7 Å². The van der Waals surface area contributed by atoms with Crippen LogP contribution in [0.3, 0.4) is 0 Å². The summed E-state index contributed by atoms with van der Waals surface area (Å²) in [4.78, 5) is 22.9. The van der Waals surface area contributed by atoms with E-state index in [0.717, 1.165) is 0 Å². The summed E-state index contributed by atoms with van der Waals surface area (Å²) in [5.74, 6) is -1.45. The van der Waals surface area contributed by atoms with Gasteiger partial charge >= 0.3 is 5.97 Å². The van der Waals surface area contributed by atoms with Crippen LogP contribution in [0.2, 0.25) is 20.1 Å². The van der Waals surface area contributed by atoms with Gasteiger partial charge in [-0.05, 0) is 30.3 Å². The largest absolute Gasteiger partial charge is 0.480 e.